The summed E-state index contributed by atoms with van der Waals surface area (Å²) in [5, 5.41) is 4.78. The summed E-state index contributed by atoms with van der Waals surface area (Å²) < 4.78 is 0. The largest absolute Gasteiger partial charge is 0.321 e. The monoisotopic (exact) mass is 416 g/mol. The maximum atomic E-state index is 13.0. The van der Waals surface area contributed by atoms with E-state index in [9.17, 15) is 14.4 Å². The van der Waals surface area contributed by atoms with Crippen LogP contribution in [0.3, 0.4) is 0 Å². The first kappa shape index (κ1) is 20.9. The average Bonchev–Trinajstić information content (AvgIpc) is 2.90. The van der Waals surface area contributed by atoms with E-state index in [-0.39, 0.29) is 5.91 Å². The fourth-order valence-corrected chi connectivity index (χ4v) is 9.36. The number of hydrogen-bond donors (Lipinski definition) is 1. The number of carbonyl (C=O) groups is 3. The Kier molecular flexibility index (Phi) is 7.14. The maximum Gasteiger partial charge on any atom is 0.261 e. The molecule has 0 aliphatic carbocycles. The van der Waals surface area contributed by atoms with Crippen molar-refractivity contribution < 1.29 is 14.4 Å². The topological polar surface area (TPSA) is 63.2 Å². The molecule has 1 amide bonds. The smallest absolute Gasteiger partial charge is 0.261 e. The molecule has 0 bridgehead atoms. The Morgan fingerprint density at radius 1 is 1.11 bits per heavy atom. The molecule has 1 aliphatic rings. The molecule has 0 unspecified atom stereocenters. The fourth-order valence-electron chi connectivity index (χ4n) is 4.02. The van der Waals surface area contributed by atoms with Crippen molar-refractivity contribution in [1.29, 1.82) is 0 Å². The van der Waals surface area contributed by atoms with Gasteiger partial charge < -0.3 is 5.32 Å². The van der Waals surface area contributed by atoms with Gasteiger partial charge >= 0.3 is 0 Å². The summed E-state index contributed by atoms with van der Waals surface area (Å²) in [5.74, 6) is -0.593. The lowest BCUT2D eigenvalue weighted by atomic mass is 10.2. The van der Waals surface area contributed by atoms with Gasteiger partial charge in [-0.2, -0.15) is 0 Å². The number of aldehydes is 1. The van der Waals surface area contributed by atoms with Gasteiger partial charge in [0, 0.05) is 7.26 Å². The number of nitrogens with one attached hydrogen (secondary N) is 1. The minimum atomic E-state index is -1.45. The van der Waals surface area contributed by atoms with Gasteiger partial charge in [-0.15, -0.1) is 11.3 Å². The van der Waals surface area contributed by atoms with Crippen molar-refractivity contribution in [3.05, 3.63) is 51.7 Å². The Bertz CT molecular complexity index is 839. The molecular formula is C22H27NO3PS+. The molecule has 0 atom stereocenters. The highest BCUT2D eigenvalue weighted by Crippen LogP contribution is 2.63. The number of hydrogen-bond acceptors (Lipinski definition) is 4. The second-order valence-corrected chi connectivity index (χ2v) is 12.7. The number of thiophene rings is 1. The van der Waals surface area contributed by atoms with Crippen LogP contribution >= 0.6 is 18.6 Å². The third kappa shape index (κ3) is 5.15. The van der Waals surface area contributed by atoms with E-state index in [0.717, 1.165) is 24.0 Å². The minimum absolute atomic E-state index is 0.0207. The lowest BCUT2D eigenvalue weighted by molar-refractivity contribution is -0.114. The first-order valence-corrected chi connectivity index (χ1v) is 13.2. The van der Waals surface area contributed by atoms with Crippen LogP contribution in [0.1, 0.15) is 46.5 Å². The number of aryl methyl sites for hydroxylation is 1. The van der Waals surface area contributed by atoms with Crippen LogP contribution in [0.5, 0.6) is 0 Å². The van der Waals surface area contributed by atoms with Gasteiger partial charge in [0.2, 0.25) is 5.78 Å². The molecule has 2 heterocycles. The zero-order chi connectivity index (χ0) is 20.0. The molecule has 1 aromatic heterocycles. The van der Waals surface area contributed by atoms with E-state index < -0.39 is 13.0 Å². The van der Waals surface area contributed by atoms with Gasteiger partial charge in [0.1, 0.15) is 11.0 Å². The highest BCUT2D eigenvalue weighted by Gasteiger charge is 2.40. The van der Waals surface area contributed by atoms with Crippen LogP contribution in [0.2, 0.25) is 0 Å². The predicted molar refractivity (Wildman–Crippen MR) is 118 cm³/mol. The van der Waals surface area contributed by atoms with Crippen LogP contribution in [-0.2, 0) is 15.8 Å². The second kappa shape index (κ2) is 9.58. The molecule has 1 aliphatic heterocycles. The Hall–Kier alpha value is -1.84. The predicted octanol–water partition coefficient (Wildman–Crippen LogP) is 5.17. The van der Waals surface area contributed by atoms with Crippen LogP contribution < -0.4 is 5.32 Å². The molecule has 2 aromatic rings. The summed E-state index contributed by atoms with van der Waals surface area (Å²) in [6.45, 7) is 1.86. The molecular weight excluding hydrogens is 389 g/mol. The third-order valence-corrected chi connectivity index (χ3v) is 11.1. The van der Waals surface area contributed by atoms with Crippen LogP contribution in [0, 0.1) is 6.92 Å². The molecule has 1 N–H and O–H groups in total. The number of amides is 1. The van der Waals surface area contributed by atoms with E-state index in [2.05, 4.69) is 29.6 Å². The number of rotatable bonds is 7. The summed E-state index contributed by atoms with van der Waals surface area (Å²) in [7, 11) is -1.45. The number of ketones is 1. The van der Waals surface area contributed by atoms with Crippen LogP contribution in [0.15, 0.2) is 35.7 Å². The fraction of sp³-hybridized carbons (Fsp3) is 0.409. The van der Waals surface area contributed by atoms with Crippen LogP contribution in [0.4, 0.5) is 5.69 Å². The van der Waals surface area contributed by atoms with E-state index in [1.165, 1.54) is 42.6 Å². The summed E-state index contributed by atoms with van der Waals surface area (Å²) in [6.07, 6.45) is 9.06. The van der Waals surface area contributed by atoms with Crippen molar-refractivity contribution in [2.24, 2.45) is 0 Å². The van der Waals surface area contributed by atoms with E-state index in [1.807, 2.05) is 18.4 Å². The molecule has 1 saturated heterocycles. The number of carbonyl (C=O) groups excluding carboxylic acids is 3. The van der Waals surface area contributed by atoms with Gasteiger partial charge in [-0.05, 0) is 49.1 Å². The van der Waals surface area contributed by atoms with Crippen molar-refractivity contribution in [3.63, 3.8) is 0 Å². The molecule has 0 saturated carbocycles. The van der Waals surface area contributed by atoms with Gasteiger partial charge in [-0.25, -0.2) is 0 Å². The summed E-state index contributed by atoms with van der Waals surface area (Å²) in [6, 6.07) is 10.5. The first-order valence-electron chi connectivity index (χ1n) is 9.79. The molecule has 3 rings (SSSR count). The normalized spacial score (nSPS) is 16.2. The molecule has 148 valence electrons. The van der Waals surface area contributed by atoms with E-state index >= 15 is 0 Å². The molecule has 1 aromatic carbocycles. The van der Waals surface area contributed by atoms with Crippen molar-refractivity contribution in [2.45, 2.75) is 38.8 Å². The van der Waals surface area contributed by atoms with Crippen LogP contribution in [0.25, 0.3) is 0 Å². The first-order chi connectivity index (χ1) is 13.5. The SMILES string of the molecule is Cc1csc(C(=O)C=O)c1NC(=O)C[P+]1(Cc2ccccc2)CCCCCC1. The quantitative estimate of drug-likeness (QED) is 0.293. The number of Topliss-reactive ketones (excluding diaryl/α,β-unsaturated/α-hetero) is 1. The van der Waals surface area contributed by atoms with Gasteiger partial charge in [0.25, 0.3) is 5.91 Å². The highest BCUT2D eigenvalue weighted by molar-refractivity contribution is 7.76. The van der Waals surface area contributed by atoms with E-state index in [1.54, 1.807) is 0 Å². The highest BCUT2D eigenvalue weighted by atomic mass is 32.1. The Balaban J connectivity index is 1.79. The van der Waals surface area contributed by atoms with Gasteiger partial charge in [-0.3, -0.25) is 14.4 Å². The lowest BCUT2D eigenvalue weighted by Crippen LogP contribution is -2.23. The maximum absolute atomic E-state index is 13.0. The van der Waals surface area contributed by atoms with Crippen molar-refractivity contribution in [1.82, 2.24) is 0 Å². The lowest BCUT2D eigenvalue weighted by Gasteiger charge is -2.26. The van der Waals surface area contributed by atoms with Crippen LogP contribution in [-0.4, -0.2) is 36.5 Å². The average molecular weight is 417 g/mol. The van der Waals surface area contributed by atoms with Crippen molar-refractivity contribution >= 4 is 42.3 Å². The zero-order valence-corrected chi connectivity index (χ0v) is 18.0. The van der Waals surface area contributed by atoms with Gasteiger partial charge in [0.15, 0.2) is 6.29 Å². The Labute approximate surface area is 171 Å². The van der Waals surface area contributed by atoms with Crippen molar-refractivity contribution in [3.8, 4) is 0 Å². The summed E-state index contributed by atoms with van der Waals surface area (Å²) in [5.41, 5.74) is 2.66. The zero-order valence-electron chi connectivity index (χ0n) is 16.3. The number of benzene rings is 1. The molecule has 4 nitrogen and oxygen atoms in total. The summed E-state index contributed by atoms with van der Waals surface area (Å²) in [4.78, 5) is 36.1. The molecule has 6 heteroatoms. The van der Waals surface area contributed by atoms with Gasteiger partial charge in [-0.1, -0.05) is 30.3 Å². The second-order valence-electron chi connectivity index (χ2n) is 7.66. The molecule has 28 heavy (non-hydrogen) atoms. The molecule has 0 spiro atoms. The Morgan fingerprint density at radius 3 is 2.43 bits per heavy atom. The Morgan fingerprint density at radius 2 is 1.79 bits per heavy atom. The molecule has 1 fully saturated rings. The third-order valence-electron chi connectivity index (χ3n) is 5.42. The van der Waals surface area contributed by atoms with E-state index in [0.29, 0.717) is 23.0 Å². The number of anilines is 1. The minimum Gasteiger partial charge on any atom is -0.321 e. The molecule has 0 radical (unpaired) electrons. The summed E-state index contributed by atoms with van der Waals surface area (Å²) >= 11 is 1.22. The van der Waals surface area contributed by atoms with Crippen molar-refractivity contribution in [2.75, 3.05) is 23.8 Å². The van der Waals surface area contributed by atoms with E-state index in [4.69, 9.17) is 0 Å². The standard InChI is InChI=1S/C22H26NO3PS/c1-17-16-28-22(19(25)13-24)21(17)23-20(26)15-27(11-7-2-3-8-12-27)14-18-9-5-4-6-10-18/h4-6,9-10,13,16H,2-3,7-8,11-12,14-15H2,1H3/p+1. The van der Waals surface area contributed by atoms with Gasteiger partial charge in [0.05, 0.1) is 24.2 Å².